The van der Waals surface area contributed by atoms with Gasteiger partial charge in [0.15, 0.2) is 11.6 Å². The Morgan fingerprint density at radius 2 is 2.57 bits per heavy atom. The first kappa shape index (κ1) is 9.27. The summed E-state index contributed by atoms with van der Waals surface area (Å²) in [5.74, 6) is 1.45. The highest BCUT2D eigenvalue weighted by molar-refractivity contribution is 5.48. The molecule has 4 heteroatoms. The van der Waals surface area contributed by atoms with Crippen LogP contribution in [0.3, 0.4) is 0 Å². The molecule has 3 N–H and O–H groups in total. The lowest BCUT2D eigenvalue weighted by Crippen LogP contribution is -2.17. The molecule has 2 heterocycles. The van der Waals surface area contributed by atoms with Gasteiger partial charge in [-0.05, 0) is 37.6 Å². The fourth-order valence-electron chi connectivity index (χ4n) is 1.66. The molecule has 0 aliphatic carbocycles. The summed E-state index contributed by atoms with van der Waals surface area (Å²) in [5, 5.41) is 15.9. The van der Waals surface area contributed by atoms with E-state index < -0.39 is 0 Å². The quantitative estimate of drug-likeness (QED) is 0.665. The molecule has 1 atom stereocenters. The summed E-state index contributed by atoms with van der Waals surface area (Å²) >= 11 is 0. The van der Waals surface area contributed by atoms with Gasteiger partial charge in [-0.2, -0.15) is 0 Å². The first-order valence-corrected chi connectivity index (χ1v) is 4.95. The van der Waals surface area contributed by atoms with E-state index in [9.17, 15) is 5.11 Å². The van der Waals surface area contributed by atoms with Gasteiger partial charge in [0, 0.05) is 12.7 Å². The summed E-state index contributed by atoms with van der Waals surface area (Å²) in [4.78, 5) is 4.06. The van der Waals surface area contributed by atoms with Crippen LogP contribution < -0.4 is 10.6 Å². The van der Waals surface area contributed by atoms with Crippen molar-refractivity contribution in [1.82, 2.24) is 10.3 Å². The highest BCUT2D eigenvalue weighted by Gasteiger charge is 2.14. The molecule has 0 amide bonds. The maximum Gasteiger partial charge on any atom is 0.168 e. The Morgan fingerprint density at radius 1 is 1.64 bits per heavy atom. The third-order valence-corrected chi connectivity index (χ3v) is 2.51. The summed E-state index contributed by atoms with van der Waals surface area (Å²) < 4.78 is 0. The van der Waals surface area contributed by atoms with Crippen molar-refractivity contribution in [3.63, 3.8) is 0 Å². The summed E-state index contributed by atoms with van der Waals surface area (Å²) in [6.45, 7) is 3.03. The first-order chi connectivity index (χ1) is 6.86. The van der Waals surface area contributed by atoms with Crippen LogP contribution in [0.25, 0.3) is 0 Å². The predicted molar refractivity (Wildman–Crippen MR) is 55.4 cm³/mol. The van der Waals surface area contributed by atoms with Crippen LogP contribution >= 0.6 is 0 Å². The van der Waals surface area contributed by atoms with Crippen LogP contribution in [0.4, 0.5) is 5.82 Å². The molecule has 4 nitrogen and oxygen atoms in total. The van der Waals surface area contributed by atoms with Gasteiger partial charge in [-0.15, -0.1) is 0 Å². The Bertz CT molecular complexity index is 297. The van der Waals surface area contributed by atoms with E-state index in [0.29, 0.717) is 11.7 Å². The first-order valence-electron chi connectivity index (χ1n) is 4.95. The lowest BCUT2D eigenvalue weighted by molar-refractivity contribution is 0.474. The van der Waals surface area contributed by atoms with Crippen LogP contribution in [-0.4, -0.2) is 29.7 Å². The van der Waals surface area contributed by atoms with E-state index in [1.165, 1.54) is 6.42 Å². The smallest absolute Gasteiger partial charge is 0.168 e. The molecule has 76 valence electrons. The van der Waals surface area contributed by atoms with Crippen LogP contribution in [0.15, 0.2) is 18.3 Å². The molecule has 1 fully saturated rings. The molecule has 0 spiro atoms. The van der Waals surface area contributed by atoms with E-state index in [1.54, 1.807) is 18.3 Å². The van der Waals surface area contributed by atoms with Gasteiger partial charge in [0.2, 0.25) is 0 Å². The van der Waals surface area contributed by atoms with Crippen LogP contribution in [0, 0.1) is 5.92 Å². The number of hydrogen-bond acceptors (Lipinski definition) is 4. The third kappa shape index (κ3) is 2.14. The molecule has 14 heavy (non-hydrogen) atoms. The van der Waals surface area contributed by atoms with Crippen LogP contribution in [0.1, 0.15) is 6.42 Å². The second-order valence-electron chi connectivity index (χ2n) is 3.61. The average molecular weight is 193 g/mol. The lowest BCUT2D eigenvalue weighted by atomic mass is 10.1. The number of nitrogens with zero attached hydrogens (tertiary/aromatic N) is 1. The Labute approximate surface area is 83.4 Å². The minimum absolute atomic E-state index is 0.221. The molecule has 1 aliphatic heterocycles. The zero-order valence-corrected chi connectivity index (χ0v) is 8.03. The topological polar surface area (TPSA) is 57.2 Å². The molecular formula is C10H15N3O. The molecular weight excluding hydrogens is 178 g/mol. The average Bonchev–Trinajstić information content (AvgIpc) is 2.69. The van der Waals surface area contributed by atoms with Crippen molar-refractivity contribution in [3.05, 3.63) is 18.3 Å². The number of pyridine rings is 1. The maximum absolute atomic E-state index is 9.44. The van der Waals surface area contributed by atoms with Gasteiger partial charge in [-0.25, -0.2) is 4.98 Å². The van der Waals surface area contributed by atoms with Gasteiger partial charge in [0.1, 0.15) is 0 Å². The number of rotatable bonds is 3. The fraction of sp³-hybridized carbons (Fsp3) is 0.500. The molecule has 0 radical (unpaired) electrons. The van der Waals surface area contributed by atoms with Crippen molar-refractivity contribution in [2.75, 3.05) is 25.0 Å². The lowest BCUT2D eigenvalue weighted by Gasteiger charge is -2.10. The zero-order valence-electron chi connectivity index (χ0n) is 8.03. The highest BCUT2D eigenvalue weighted by atomic mass is 16.3. The summed E-state index contributed by atoms with van der Waals surface area (Å²) in [6, 6.07) is 3.36. The van der Waals surface area contributed by atoms with Gasteiger partial charge in [-0.1, -0.05) is 0 Å². The van der Waals surface area contributed by atoms with Gasteiger partial charge < -0.3 is 15.7 Å². The monoisotopic (exact) mass is 193 g/mol. The van der Waals surface area contributed by atoms with E-state index in [1.807, 2.05) is 0 Å². The largest absolute Gasteiger partial charge is 0.504 e. The molecule has 1 aliphatic rings. The molecule has 0 bridgehead atoms. The van der Waals surface area contributed by atoms with Crippen molar-refractivity contribution in [2.24, 2.45) is 5.92 Å². The SMILES string of the molecule is Oc1cccnc1NCC1CCNC1. The van der Waals surface area contributed by atoms with E-state index in [4.69, 9.17) is 0 Å². The van der Waals surface area contributed by atoms with E-state index in [2.05, 4.69) is 15.6 Å². The number of hydrogen-bond donors (Lipinski definition) is 3. The minimum Gasteiger partial charge on any atom is -0.504 e. The van der Waals surface area contributed by atoms with Crippen LogP contribution in [-0.2, 0) is 0 Å². The van der Waals surface area contributed by atoms with Gasteiger partial charge in [-0.3, -0.25) is 0 Å². The number of aromatic hydroxyl groups is 1. The standard InChI is InChI=1S/C10H15N3O/c14-9-2-1-4-12-10(9)13-7-8-3-5-11-6-8/h1-2,4,8,11,14H,3,5-7H2,(H,12,13). The van der Waals surface area contributed by atoms with E-state index >= 15 is 0 Å². The molecule has 1 aromatic rings. The summed E-state index contributed by atoms with van der Waals surface area (Å²) in [6.07, 6.45) is 2.87. The molecule has 1 saturated heterocycles. The van der Waals surface area contributed by atoms with Crippen molar-refractivity contribution in [2.45, 2.75) is 6.42 Å². The number of aromatic nitrogens is 1. The second-order valence-corrected chi connectivity index (χ2v) is 3.61. The summed E-state index contributed by atoms with van der Waals surface area (Å²) in [7, 11) is 0. The zero-order chi connectivity index (χ0) is 9.80. The molecule has 0 saturated carbocycles. The van der Waals surface area contributed by atoms with Gasteiger partial charge in [0.25, 0.3) is 0 Å². The molecule has 2 rings (SSSR count). The Hall–Kier alpha value is -1.29. The Morgan fingerprint density at radius 3 is 3.29 bits per heavy atom. The molecule has 1 aromatic heterocycles. The minimum atomic E-state index is 0.221. The third-order valence-electron chi connectivity index (χ3n) is 2.51. The molecule has 1 unspecified atom stereocenters. The highest BCUT2D eigenvalue weighted by Crippen LogP contribution is 2.19. The molecule has 0 aromatic carbocycles. The van der Waals surface area contributed by atoms with Crippen LogP contribution in [0.2, 0.25) is 0 Å². The van der Waals surface area contributed by atoms with Crippen LogP contribution in [0.5, 0.6) is 5.75 Å². The van der Waals surface area contributed by atoms with Crippen molar-refractivity contribution < 1.29 is 5.11 Å². The van der Waals surface area contributed by atoms with Gasteiger partial charge >= 0.3 is 0 Å². The number of anilines is 1. The maximum atomic E-state index is 9.44. The van der Waals surface area contributed by atoms with Crippen molar-refractivity contribution >= 4 is 5.82 Å². The second kappa shape index (κ2) is 4.28. The number of nitrogens with one attached hydrogen (secondary N) is 2. The Balaban J connectivity index is 1.88. The van der Waals surface area contributed by atoms with Gasteiger partial charge in [0.05, 0.1) is 0 Å². The fourth-order valence-corrected chi connectivity index (χ4v) is 1.66. The van der Waals surface area contributed by atoms with Crippen molar-refractivity contribution in [3.8, 4) is 5.75 Å². The normalized spacial score (nSPS) is 21.0. The Kier molecular flexibility index (Phi) is 2.84. The van der Waals surface area contributed by atoms with E-state index in [-0.39, 0.29) is 5.75 Å². The van der Waals surface area contributed by atoms with Crippen molar-refractivity contribution in [1.29, 1.82) is 0 Å². The summed E-state index contributed by atoms with van der Waals surface area (Å²) in [5.41, 5.74) is 0. The predicted octanol–water partition coefficient (Wildman–Crippen LogP) is 0.809. The van der Waals surface area contributed by atoms with E-state index in [0.717, 1.165) is 19.6 Å².